The molecule has 1 aliphatic carbocycles. The number of hydrogen-bond acceptors (Lipinski definition) is 1. The number of hydrogen-bond donors (Lipinski definition) is 0. The van der Waals surface area contributed by atoms with Gasteiger partial charge in [0.2, 0.25) is 0 Å². The average molecular weight is 736 g/mol. The van der Waals surface area contributed by atoms with E-state index in [0.717, 1.165) is 22.6 Å². The molecule has 0 atom stereocenters. The van der Waals surface area contributed by atoms with Gasteiger partial charge in [-0.25, -0.2) is 0 Å². The molecule has 9 aromatic carbocycles. The second-order valence-corrected chi connectivity index (χ2v) is 15.5. The molecule has 0 amide bonds. The number of aromatic nitrogens is 3. The Labute approximate surface area is 334 Å². The van der Waals surface area contributed by atoms with E-state index in [2.05, 4.69) is 203 Å². The molecule has 3 aromatic heterocycles. The fourth-order valence-electron chi connectivity index (χ4n) is 10.1. The lowest BCUT2D eigenvalue weighted by Crippen LogP contribution is -1.96. The minimum Gasteiger partial charge on any atom is -0.309 e. The normalized spacial score (nSPS) is 12.1. The fourth-order valence-corrected chi connectivity index (χ4v) is 10.1. The molecule has 268 valence electrons. The van der Waals surface area contributed by atoms with E-state index in [4.69, 9.17) is 4.98 Å². The van der Waals surface area contributed by atoms with Crippen molar-refractivity contribution in [3.63, 3.8) is 0 Å². The molecule has 0 saturated heterocycles. The van der Waals surface area contributed by atoms with E-state index < -0.39 is 0 Å². The van der Waals surface area contributed by atoms with Gasteiger partial charge >= 0.3 is 0 Å². The lowest BCUT2D eigenvalue weighted by atomic mass is 9.94. The predicted octanol–water partition coefficient (Wildman–Crippen LogP) is 14.6. The topological polar surface area (TPSA) is 22.8 Å². The van der Waals surface area contributed by atoms with Crippen LogP contribution in [0, 0.1) is 0 Å². The second kappa shape index (κ2) is 11.9. The summed E-state index contributed by atoms with van der Waals surface area (Å²) in [6, 6.07) is 71.0. The van der Waals surface area contributed by atoms with Crippen LogP contribution in [0.25, 0.3) is 121 Å². The van der Waals surface area contributed by atoms with Gasteiger partial charge < -0.3 is 9.13 Å². The van der Waals surface area contributed by atoms with Gasteiger partial charge in [0.15, 0.2) is 0 Å². The van der Waals surface area contributed by atoms with Crippen molar-refractivity contribution in [1.82, 2.24) is 14.1 Å². The van der Waals surface area contributed by atoms with Gasteiger partial charge in [0.25, 0.3) is 0 Å². The zero-order chi connectivity index (χ0) is 37.9. The second-order valence-electron chi connectivity index (χ2n) is 15.5. The molecule has 0 aliphatic heterocycles. The van der Waals surface area contributed by atoms with Crippen LogP contribution in [0.1, 0.15) is 0 Å². The Morgan fingerprint density at radius 2 is 0.966 bits per heavy atom. The molecule has 3 heterocycles. The van der Waals surface area contributed by atoms with Crippen molar-refractivity contribution >= 4 is 65.2 Å². The zero-order valence-corrected chi connectivity index (χ0v) is 31.4. The summed E-state index contributed by atoms with van der Waals surface area (Å²) in [5.41, 5.74) is 16.6. The number of pyridine rings is 1. The van der Waals surface area contributed by atoms with Gasteiger partial charge in [0, 0.05) is 61.0 Å². The summed E-state index contributed by atoms with van der Waals surface area (Å²) in [7, 11) is 0. The van der Waals surface area contributed by atoms with Gasteiger partial charge in [0.05, 0.1) is 27.8 Å². The third kappa shape index (κ3) is 4.30. The molecule has 12 aromatic rings. The molecule has 1 aliphatic rings. The summed E-state index contributed by atoms with van der Waals surface area (Å²) >= 11 is 0. The summed E-state index contributed by atoms with van der Waals surface area (Å²) in [5, 5.41) is 9.97. The van der Waals surface area contributed by atoms with Crippen molar-refractivity contribution in [2.24, 2.45) is 0 Å². The lowest BCUT2D eigenvalue weighted by molar-refractivity contribution is 1.18. The van der Waals surface area contributed by atoms with Crippen LogP contribution in [-0.4, -0.2) is 14.1 Å². The number of fused-ring (bicyclic) bond motifs is 11. The first kappa shape index (κ1) is 31.5. The molecule has 0 bridgehead atoms. The molecule has 0 radical (unpaired) electrons. The molecule has 58 heavy (non-hydrogen) atoms. The van der Waals surface area contributed by atoms with Crippen LogP contribution in [0.2, 0.25) is 0 Å². The van der Waals surface area contributed by atoms with Gasteiger partial charge in [-0.2, -0.15) is 0 Å². The van der Waals surface area contributed by atoms with Crippen molar-refractivity contribution in [3.8, 4) is 56.0 Å². The molecule has 0 unspecified atom stereocenters. The lowest BCUT2D eigenvalue weighted by Gasteiger charge is -2.14. The number of para-hydroxylation sites is 3. The molecular weight excluding hydrogens is 703 g/mol. The van der Waals surface area contributed by atoms with Crippen LogP contribution < -0.4 is 0 Å². The highest BCUT2D eigenvalue weighted by Gasteiger charge is 2.26. The quantitative estimate of drug-likeness (QED) is 0.176. The highest BCUT2D eigenvalue weighted by molar-refractivity contribution is 6.25. The van der Waals surface area contributed by atoms with Gasteiger partial charge in [-0.3, -0.25) is 4.98 Å². The third-order valence-electron chi connectivity index (χ3n) is 12.5. The standard InChI is InChI=1S/C55H33N3/c1-2-16-37(17-3-1)57-48-26-10-8-21-41(48)47-31-34(28-29-50(47)57)46-32-51-53(43-22-6-5-20-40(43)46)45-24-9-11-27-49(45)58(51)38-18-12-14-35(30-38)55-54-44-23-7-4-19-39(44)42-25-13-15-36(33-56-55)52(42)54/h1-33H. The molecule has 3 nitrogen and oxygen atoms in total. The fraction of sp³-hybridized carbons (Fsp3) is 0. The number of nitrogens with zero attached hydrogens (tertiary/aromatic N) is 3. The SMILES string of the molecule is c1ccc(-n2c3ccccc3c3cc(-c4cc5c(c6ccccc46)c4ccccc4n5-c4cccc(-c5ncc6cccc7c6c5-c5ccccc5-7)c4)ccc32)cc1. The van der Waals surface area contributed by atoms with Crippen molar-refractivity contribution in [2.75, 3.05) is 0 Å². The van der Waals surface area contributed by atoms with Gasteiger partial charge in [-0.15, -0.1) is 0 Å². The molecule has 0 N–H and O–H groups in total. The van der Waals surface area contributed by atoms with Crippen molar-refractivity contribution in [2.45, 2.75) is 0 Å². The summed E-state index contributed by atoms with van der Waals surface area (Å²) in [4.78, 5) is 5.18. The molecule has 0 fully saturated rings. The van der Waals surface area contributed by atoms with Crippen LogP contribution in [0.5, 0.6) is 0 Å². The summed E-state index contributed by atoms with van der Waals surface area (Å²) < 4.78 is 4.85. The molecule has 0 spiro atoms. The van der Waals surface area contributed by atoms with E-state index >= 15 is 0 Å². The van der Waals surface area contributed by atoms with Crippen molar-refractivity contribution < 1.29 is 0 Å². The molecular formula is C55H33N3. The van der Waals surface area contributed by atoms with E-state index in [1.54, 1.807) is 0 Å². The average Bonchev–Trinajstić information content (AvgIpc) is 3.93. The Morgan fingerprint density at radius 3 is 1.83 bits per heavy atom. The first-order valence-corrected chi connectivity index (χ1v) is 20.0. The van der Waals surface area contributed by atoms with E-state index in [1.165, 1.54) is 98.5 Å². The summed E-state index contributed by atoms with van der Waals surface area (Å²) in [6.07, 6.45) is 2.04. The van der Waals surface area contributed by atoms with E-state index in [0.29, 0.717) is 0 Å². The molecule has 3 heteroatoms. The minimum absolute atomic E-state index is 1.02. The van der Waals surface area contributed by atoms with Crippen LogP contribution >= 0.6 is 0 Å². The maximum absolute atomic E-state index is 5.18. The Bertz CT molecular complexity index is 3680. The summed E-state index contributed by atoms with van der Waals surface area (Å²) in [6.45, 7) is 0. The van der Waals surface area contributed by atoms with Crippen molar-refractivity contribution in [1.29, 1.82) is 0 Å². The van der Waals surface area contributed by atoms with Gasteiger partial charge in [-0.05, 0) is 93.2 Å². The monoisotopic (exact) mass is 735 g/mol. The Hall–Kier alpha value is -7.75. The van der Waals surface area contributed by atoms with Gasteiger partial charge in [-0.1, -0.05) is 140 Å². The molecule has 13 rings (SSSR count). The Balaban J connectivity index is 1.06. The van der Waals surface area contributed by atoms with E-state index in [1.807, 2.05) is 6.20 Å². The Morgan fingerprint density at radius 1 is 0.328 bits per heavy atom. The smallest absolute Gasteiger partial charge is 0.0787 e. The van der Waals surface area contributed by atoms with Crippen LogP contribution in [-0.2, 0) is 0 Å². The van der Waals surface area contributed by atoms with E-state index in [9.17, 15) is 0 Å². The maximum Gasteiger partial charge on any atom is 0.0787 e. The highest BCUT2D eigenvalue weighted by Crippen LogP contribution is 2.51. The number of rotatable bonds is 4. The first-order valence-electron chi connectivity index (χ1n) is 20.0. The Kier molecular flexibility index (Phi) is 6.44. The first-order chi connectivity index (χ1) is 28.8. The summed E-state index contributed by atoms with van der Waals surface area (Å²) in [5.74, 6) is 0. The van der Waals surface area contributed by atoms with E-state index in [-0.39, 0.29) is 0 Å². The predicted molar refractivity (Wildman–Crippen MR) is 243 cm³/mol. The maximum atomic E-state index is 5.18. The van der Waals surface area contributed by atoms with Crippen LogP contribution in [0.4, 0.5) is 0 Å². The van der Waals surface area contributed by atoms with Gasteiger partial charge in [0.1, 0.15) is 0 Å². The van der Waals surface area contributed by atoms with Crippen LogP contribution in [0.15, 0.2) is 200 Å². The highest BCUT2D eigenvalue weighted by atomic mass is 15.0. The molecule has 0 saturated carbocycles. The number of benzene rings is 9. The minimum atomic E-state index is 1.02. The van der Waals surface area contributed by atoms with Crippen molar-refractivity contribution in [3.05, 3.63) is 200 Å². The third-order valence-corrected chi connectivity index (χ3v) is 12.5. The zero-order valence-electron chi connectivity index (χ0n) is 31.4. The largest absolute Gasteiger partial charge is 0.309 e. The van der Waals surface area contributed by atoms with Crippen LogP contribution in [0.3, 0.4) is 0 Å².